The first kappa shape index (κ1) is 21.9. The molecule has 34 heavy (non-hydrogen) atoms. The van der Waals surface area contributed by atoms with E-state index in [1.807, 2.05) is 97.9 Å². The van der Waals surface area contributed by atoms with Crippen LogP contribution in [-0.2, 0) is 4.79 Å². The van der Waals surface area contributed by atoms with E-state index < -0.39 is 11.8 Å². The number of rotatable bonds is 6. The van der Waals surface area contributed by atoms with E-state index in [1.54, 1.807) is 23.6 Å². The summed E-state index contributed by atoms with van der Waals surface area (Å²) in [7, 11) is 0. The van der Waals surface area contributed by atoms with Gasteiger partial charge in [-0.15, -0.1) is 11.3 Å². The second kappa shape index (κ2) is 9.49. The van der Waals surface area contributed by atoms with Crippen LogP contribution in [0.15, 0.2) is 107 Å². The van der Waals surface area contributed by atoms with Crippen LogP contribution >= 0.6 is 11.3 Å². The molecular formula is C29H22N2O2S. The number of Topliss-reactive ketones (excluding diaryl/α,β-unsaturated/α-hetero) is 2. The summed E-state index contributed by atoms with van der Waals surface area (Å²) in [6, 6.07) is 30.4. The molecule has 4 nitrogen and oxygen atoms in total. The first-order valence-electron chi connectivity index (χ1n) is 11.1. The maximum Gasteiger partial charge on any atom is 0.180 e. The fraction of sp³-hybridized carbons (Fsp3) is 0.103. The minimum atomic E-state index is -1.01. The van der Waals surface area contributed by atoms with Crippen molar-refractivity contribution in [3.63, 3.8) is 0 Å². The lowest BCUT2D eigenvalue weighted by Gasteiger charge is -2.20. The summed E-state index contributed by atoms with van der Waals surface area (Å²) in [5, 5.41) is 8.72. The summed E-state index contributed by atoms with van der Waals surface area (Å²) in [4.78, 5) is 29.8. The first-order chi connectivity index (χ1) is 16.6. The van der Waals surface area contributed by atoms with E-state index in [2.05, 4.69) is 10.2 Å². The van der Waals surface area contributed by atoms with Crippen LogP contribution in [0, 0.1) is 12.8 Å². The van der Waals surface area contributed by atoms with Gasteiger partial charge in [0.25, 0.3) is 0 Å². The Hall–Kier alpha value is -3.96. The van der Waals surface area contributed by atoms with Gasteiger partial charge in [0.2, 0.25) is 0 Å². The summed E-state index contributed by atoms with van der Waals surface area (Å²) >= 11 is 1.61. The number of aryl methyl sites for hydroxylation is 1. The molecule has 0 saturated carbocycles. The van der Waals surface area contributed by atoms with E-state index >= 15 is 0 Å². The molecule has 1 heterocycles. The quantitative estimate of drug-likeness (QED) is 0.198. The zero-order valence-corrected chi connectivity index (χ0v) is 19.4. The SMILES string of the molecule is Cc1ccc(/C=N\N=C2/c3ccccc3C(=O)[C@H]2C(=O)C(c2ccccc2)c2ccccc2)s1. The Morgan fingerprint density at radius 3 is 2.00 bits per heavy atom. The van der Waals surface area contributed by atoms with Crippen molar-refractivity contribution in [2.45, 2.75) is 12.8 Å². The zero-order valence-electron chi connectivity index (χ0n) is 18.6. The number of benzene rings is 3. The molecule has 5 rings (SSSR count). The molecule has 1 atom stereocenters. The van der Waals surface area contributed by atoms with E-state index in [9.17, 15) is 9.59 Å². The van der Waals surface area contributed by atoms with Crippen molar-refractivity contribution in [1.82, 2.24) is 0 Å². The number of hydrogen-bond donors (Lipinski definition) is 0. The average molecular weight is 463 g/mol. The maximum atomic E-state index is 14.1. The lowest BCUT2D eigenvalue weighted by atomic mass is 9.80. The van der Waals surface area contributed by atoms with Crippen molar-refractivity contribution in [3.8, 4) is 0 Å². The molecule has 0 saturated heterocycles. The molecule has 0 spiro atoms. The van der Waals surface area contributed by atoms with Gasteiger partial charge < -0.3 is 0 Å². The Morgan fingerprint density at radius 1 is 0.824 bits per heavy atom. The molecule has 0 amide bonds. The molecule has 1 aliphatic rings. The molecule has 0 radical (unpaired) electrons. The van der Waals surface area contributed by atoms with Crippen molar-refractivity contribution in [2.24, 2.45) is 16.1 Å². The molecule has 0 bridgehead atoms. The summed E-state index contributed by atoms with van der Waals surface area (Å²) < 4.78 is 0. The highest BCUT2D eigenvalue weighted by Gasteiger charge is 2.44. The van der Waals surface area contributed by atoms with Gasteiger partial charge >= 0.3 is 0 Å². The Balaban J connectivity index is 1.59. The number of thiophene rings is 1. The zero-order chi connectivity index (χ0) is 23.5. The van der Waals surface area contributed by atoms with Gasteiger partial charge in [0.05, 0.1) is 17.8 Å². The number of fused-ring (bicyclic) bond motifs is 1. The average Bonchev–Trinajstić information content (AvgIpc) is 3.41. The third kappa shape index (κ3) is 4.18. The lowest BCUT2D eigenvalue weighted by Crippen LogP contribution is -2.31. The molecule has 3 aromatic carbocycles. The normalized spacial score (nSPS) is 16.5. The number of ketones is 2. The molecule has 5 heteroatoms. The number of carbonyl (C=O) groups is 2. The van der Waals surface area contributed by atoms with Gasteiger partial charge in [0.15, 0.2) is 11.6 Å². The van der Waals surface area contributed by atoms with E-state index in [4.69, 9.17) is 0 Å². The molecule has 1 aromatic heterocycles. The van der Waals surface area contributed by atoms with Crippen LogP contribution < -0.4 is 0 Å². The predicted octanol–water partition coefficient (Wildman–Crippen LogP) is 6.09. The summed E-state index contributed by atoms with van der Waals surface area (Å²) in [6.45, 7) is 2.03. The molecule has 0 N–H and O–H groups in total. The van der Waals surface area contributed by atoms with Crippen LogP contribution in [0.3, 0.4) is 0 Å². The number of carbonyl (C=O) groups excluding carboxylic acids is 2. The molecule has 0 unspecified atom stereocenters. The van der Waals surface area contributed by atoms with Gasteiger partial charge in [-0.25, -0.2) is 0 Å². The summed E-state index contributed by atoms with van der Waals surface area (Å²) in [6.07, 6.45) is 1.67. The second-order valence-electron chi connectivity index (χ2n) is 8.18. The van der Waals surface area contributed by atoms with E-state index in [0.29, 0.717) is 16.8 Å². The predicted molar refractivity (Wildman–Crippen MR) is 137 cm³/mol. The standard InChI is InChI=1S/C29H22N2O2S/c1-19-16-17-22(34-19)18-30-31-27-23-14-8-9-15-24(23)28(32)26(27)29(33)25(20-10-4-2-5-11-20)21-12-6-3-7-13-21/h2-18,25-26H,1H3/b30-18-,31-27+/t26-/m0/s1. The van der Waals surface area contributed by atoms with Gasteiger partial charge in [-0.3, -0.25) is 9.59 Å². The van der Waals surface area contributed by atoms with Crippen molar-refractivity contribution < 1.29 is 9.59 Å². The molecule has 0 fully saturated rings. The smallest absolute Gasteiger partial charge is 0.180 e. The van der Waals surface area contributed by atoms with Crippen LogP contribution in [0.2, 0.25) is 0 Å². The Kier molecular flexibility index (Phi) is 6.11. The summed E-state index contributed by atoms with van der Waals surface area (Å²) in [5.74, 6) is -2.01. The highest BCUT2D eigenvalue weighted by atomic mass is 32.1. The monoisotopic (exact) mass is 462 g/mol. The third-order valence-electron chi connectivity index (χ3n) is 5.95. The molecule has 1 aliphatic carbocycles. The van der Waals surface area contributed by atoms with Gasteiger partial charge in [-0.1, -0.05) is 84.9 Å². The molecular weight excluding hydrogens is 440 g/mol. The fourth-order valence-corrected chi connectivity index (χ4v) is 5.13. The van der Waals surface area contributed by atoms with E-state index in [0.717, 1.165) is 16.0 Å². The Bertz CT molecular complexity index is 1360. The second-order valence-corrected chi connectivity index (χ2v) is 9.50. The first-order valence-corrected chi connectivity index (χ1v) is 11.9. The third-order valence-corrected chi connectivity index (χ3v) is 6.89. The van der Waals surface area contributed by atoms with Gasteiger partial charge in [0, 0.05) is 20.9 Å². The largest absolute Gasteiger partial charge is 0.297 e. The van der Waals surface area contributed by atoms with E-state index in [-0.39, 0.29) is 11.6 Å². The van der Waals surface area contributed by atoms with Crippen molar-refractivity contribution in [1.29, 1.82) is 0 Å². The minimum absolute atomic E-state index is 0.195. The molecule has 166 valence electrons. The van der Waals surface area contributed by atoms with Crippen LogP contribution in [0.25, 0.3) is 0 Å². The minimum Gasteiger partial charge on any atom is -0.297 e. The summed E-state index contributed by atoms with van der Waals surface area (Å²) in [5.41, 5.74) is 3.29. The highest BCUT2D eigenvalue weighted by Crippen LogP contribution is 2.35. The van der Waals surface area contributed by atoms with Crippen LogP contribution in [-0.4, -0.2) is 23.5 Å². The highest BCUT2D eigenvalue weighted by molar-refractivity contribution is 7.13. The van der Waals surface area contributed by atoms with Crippen molar-refractivity contribution in [2.75, 3.05) is 0 Å². The Morgan fingerprint density at radius 2 is 1.41 bits per heavy atom. The van der Waals surface area contributed by atoms with E-state index in [1.165, 1.54) is 4.88 Å². The van der Waals surface area contributed by atoms with Crippen LogP contribution in [0.5, 0.6) is 0 Å². The van der Waals surface area contributed by atoms with Gasteiger partial charge in [0.1, 0.15) is 5.92 Å². The van der Waals surface area contributed by atoms with Crippen molar-refractivity contribution >= 4 is 34.8 Å². The van der Waals surface area contributed by atoms with Gasteiger partial charge in [-0.05, 0) is 30.2 Å². The Labute approximate surface area is 202 Å². The maximum absolute atomic E-state index is 14.1. The lowest BCUT2D eigenvalue weighted by molar-refractivity contribution is -0.120. The fourth-order valence-electron chi connectivity index (χ4n) is 4.38. The molecule has 0 aliphatic heterocycles. The topological polar surface area (TPSA) is 58.9 Å². The van der Waals surface area contributed by atoms with Crippen molar-refractivity contribution in [3.05, 3.63) is 129 Å². The van der Waals surface area contributed by atoms with Crippen LogP contribution in [0.1, 0.15) is 42.7 Å². The number of hydrogen-bond acceptors (Lipinski definition) is 5. The molecule has 4 aromatic rings. The van der Waals surface area contributed by atoms with Gasteiger partial charge in [-0.2, -0.15) is 10.2 Å². The number of nitrogens with zero attached hydrogens (tertiary/aromatic N) is 2. The van der Waals surface area contributed by atoms with Crippen LogP contribution in [0.4, 0.5) is 0 Å².